The fraction of sp³-hybridized carbons (Fsp3) is 0.857. The first-order chi connectivity index (χ1) is 8.78. The number of nitrogens with one attached hydrogen (secondary N) is 1. The Balaban J connectivity index is 1.91. The Hall–Kier alpha value is -1.26. The smallest absolute Gasteiger partial charge is 0.410 e. The lowest BCUT2D eigenvalue weighted by Crippen LogP contribution is -2.42. The van der Waals surface area contributed by atoms with Gasteiger partial charge in [-0.3, -0.25) is 4.79 Å². The third-order valence-corrected chi connectivity index (χ3v) is 3.65. The second kappa shape index (κ2) is 5.02. The number of likely N-dealkylation sites (tertiary alicyclic amines) is 1. The maximum Gasteiger partial charge on any atom is 0.410 e. The van der Waals surface area contributed by atoms with Crippen LogP contribution in [0.25, 0.3) is 0 Å². The van der Waals surface area contributed by atoms with Crippen LogP contribution < -0.4 is 5.32 Å². The Morgan fingerprint density at radius 1 is 1.32 bits per heavy atom. The number of rotatable bonds is 2. The van der Waals surface area contributed by atoms with Crippen LogP contribution in [0.4, 0.5) is 4.79 Å². The van der Waals surface area contributed by atoms with E-state index in [-0.39, 0.29) is 24.1 Å². The number of carbonyl (C=O) groups excluding carboxylic acids is 2. The molecule has 0 aromatic heterocycles. The average Bonchev–Trinajstić information content (AvgIpc) is 2.81. The van der Waals surface area contributed by atoms with Crippen LogP contribution in [0.15, 0.2) is 0 Å². The Bertz CT molecular complexity index is 375. The maximum atomic E-state index is 12.1. The van der Waals surface area contributed by atoms with Crippen LogP contribution in [0.5, 0.6) is 0 Å². The molecule has 1 aliphatic carbocycles. The van der Waals surface area contributed by atoms with Crippen molar-refractivity contribution in [3.8, 4) is 0 Å². The van der Waals surface area contributed by atoms with Crippen LogP contribution in [-0.2, 0) is 9.53 Å². The van der Waals surface area contributed by atoms with Gasteiger partial charge in [0.25, 0.3) is 0 Å². The van der Waals surface area contributed by atoms with Crippen molar-refractivity contribution in [2.75, 3.05) is 6.54 Å². The fourth-order valence-electron chi connectivity index (χ4n) is 2.85. The summed E-state index contributed by atoms with van der Waals surface area (Å²) in [6, 6.07) is 0.470. The van der Waals surface area contributed by atoms with Crippen LogP contribution in [-0.4, -0.2) is 41.1 Å². The van der Waals surface area contributed by atoms with Crippen molar-refractivity contribution < 1.29 is 14.3 Å². The zero-order valence-electron chi connectivity index (χ0n) is 12.2. The summed E-state index contributed by atoms with van der Waals surface area (Å²) in [6.45, 7) is 7.95. The van der Waals surface area contributed by atoms with Crippen molar-refractivity contribution in [2.24, 2.45) is 5.92 Å². The van der Waals surface area contributed by atoms with Crippen LogP contribution in [0.2, 0.25) is 0 Å². The second-order valence-corrected chi connectivity index (χ2v) is 6.59. The number of nitrogens with zero attached hydrogens (tertiary/aromatic N) is 1. The third-order valence-electron chi connectivity index (χ3n) is 3.65. The summed E-state index contributed by atoms with van der Waals surface area (Å²) in [5.74, 6) is 0.410. The molecule has 2 aliphatic rings. The summed E-state index contributed by atoms with van der Waals surface area (Å²) in [7, 11) is 0. The summed E-state index contributed by atoms with van der Waals surface area (Å²) in [5, 5.41) is 2.93. The summed E-state index contributed by atoms with van der Waals surface area (Å²) in [5.41, 5.74) is -0.454. The molecule has 1 N–H and O–H groups in total. The number of amides is 2. The minimum Gasteiger partial charge on any atom is -0.444 e. The highest BCUT2D eigenvalue weighted by atomic mass is 16.6. The molecule has 2 rings (SSSR count). The number of ether oxygens (including phenoxy) is 1. The quantitative estimate of drug-likeness (QED) is 0.832. The summed E-state index contributed by atoms with van der Waals surface area (Å²) in [4.78, 5) is 25.0. The largest absolute Gasteiger partial charge is 0.444 e. The van der Waals surface area contributed by atoms with E-state index in [2.05, 4.69) is 5.32 Å². The first kappa shape index (κ1) is 14.2. The zero-order valence-corrected chi connectivity index (χ0v) is 12.2. The monoisotopic (exact) mass is 268 g/mol. The third kappa shape index (κ3) is 3.61. The van der Waals surface area contributed by atoms with Crippen molar-refractivity contribution in [3.05, 3.63) is 0 Å². The molecule has 2 fully saturated rings. The van der Waals surface area contributed by atoms with Gasteiger partial charge in [0.05, 0.1) is 0 Å². The molecule has 1 saturated carbocycles. The Kier molecular flexibility index (Phi) is 3.74. The van der Waals surface area contributed by atoms with E-state index in [1.165, 1.54) is 6.92 Å². The average molecular weight is 268 g/mol. The lowest BCUT2D eigenvalue weighted by atomic mass is 10.1. The van der Waals surface area contributed by atoms with E-state index in [9.17, 15) is 9.59 Å². The molecule has 0 aromatic rings. The highest BCUT2D eigenvalue weighted by Gasteiger charge is 2.49. The van der Waals surface area contributed by atoms with Crippen LogP contribution in [0, 0.1) is 5.92 Å². The first-order valence-corrected chi connectivity index (χ1v) is 7.04. The van der Waals surface area contributed by atoms with Crippen LogP contribution >= 0.6 is 0 Å². The number of carbonyl (C=O) groups is 2. The van der Waals surface area contributed by atoms with Crippen LogP contribution in [0.3, 0.4) is 0 Å². The van der Waals surface area contributed by atoms with Crippen molar-refractivity contribution in [1.82, 2.24) is 10.2 Å². The van der Waals surface area contributed by atoms with E-state index in [4.69, 9.17) is 4.74 Å². The minimum atomic E-state index is -0.454. The molecule has 2 amide bonds. The highest BCUT2D eigenvalue weighted by Crippen LogP contribution is 2.41. The molecule has 0 spiro atoms. The van der Waals surface area contributed by atoms with Gasteiger partial charge in [-0.25, -0.2) is 4.79 Å². The Labute approximate surface area is 114 Å². The molecule has 19 heavy (non-hydrogen) atoms. The van der Waals surface area contributed by atoms with E-state index in [0.717, 1.165) is 25.8 Å². The van der Waals surface area contributed by atoms with Gasteiger partial charge in [0.1, 0.15) is 5.60 Å². The molecule has 0 radical (unpaired) electrons. The highest BCUT2D eigenvalue weighted by molar-refractivity contribution is 5.74. The predicted molar refractivity (Wildman–Crippen MR) is 71.7 cm³/mol. The molecule has 1 saturated heterocycles. The van der Waals surface area contributed by atoms with E-state index in [1.54, 1.807) is 0 Å². The molecule has 1 heterocycles. The normalized spacial score (nSPS) is 30.1. The summed E-state index contributed by atoms with van der Waals surface area (Å²) >= 11 is 0. The SMILES string of the molecule is CC(=O)NC1CC1C1CCCN1C(=O)OC(C)(C)C. The van der Waals surface area contributed by atoms with Crippen molar-refractivity contribution in [1.29, 1.82) is 0 Å². The van der Waals surface area contributed by atoms with Gasteiger partial charge < -0.3 is 15.0 Å². The molecule has 5 nitrogen and oxygen atoms in total. The van der Waals surface area contributed by atoms with E-state index in [1.807, 2.05) is 25.7 Å². The van der Waals surface area contributed by atoms with E-state index < -0.39 is 5.60 Å². The van der Waals surface area contributed by atoms with Crippen molar-refractivity contribution in [2.45, 2.75) is 64.6 Å². The van der Waals surface area contributed by atoms with E-state index >= 15 is 0 Å². The van der Waals surface area contributed by atoms with Gasteiger partial charge >= 0.3 is 6.09 Å². The lowest BCUT2D eigenvalue weighted by Gasteiger charge is -2.28. The maximum absolute atomic E-state index is 12.1. The topological polar surface area (TPSA) is 58.6 Å². The summed E-state index contributed by atoms with van der Waals surface area (Å²) < 4.78 is 5.45. The molecular formula is C14H24N2O3. The molecular weight excluding hydrogens is 244 g/mol. The second-order valence-electron chi connectivity index (χ2n) is 6.59. The van der Waals surface area contributed by atoms with Gasteiger partial charge in [0.15, 0.2) is 0 Å². The number of hydrogen-bond donors (Lipinski definition) is 1. The van der Waals surface area contributed by atoms with Gasteiger partial charge in [0.2, 0.25) is 5.91 Å². The van der Waals surface area contributed by atoms with Crippen molar-refractivity contribution in [3.63, 3.8) is 0 Å². The van der Waals surface area contributed by atoms with Gasteiger partial charge in [0, 0.05) is 31.5 Å². The standard InChI is InChI=1S/C14H24N2O3/c1-9(17)15-11-8-10(11)12-6-5-7-16(12)13(18)19-14(2,3)4/h10-12H,5-8H2,1-4H3,(H,15,17). The summed E-state index contributed by atoms with van der Waals surface area (Å²) in [6.07, 6.45) is 2.79. The molecule has 0 bridgehead atoms. The lowest BCUT2D eigenvalue weighted by molar-refractivity contribution is -0.119. The fourth-order valence-corrected chi connectivity index (χ4v) is 2.85. The zero-order chi connectivity index (χ0) is 14.2. The minimum absolute atomic E-state index is 0.00862. The van der Waals surface area contributed by atoms with Crippen molar-refractivity contribution >= 4 is 12.0 Å². The van der Waals surface area contributed by atoms with Gasteiger partial charge in [-0.15, -0.1) is 0 Å². The predicted octanol–water partition coefficient (Wildman–Crippen LogP) is 1.91. The molecule has 1 aliphatic heterocycles. The Morgan fingerprint density at radius 2 is 2.00 bits per heavy atom. The Morgan fingerprint density at radius 3 is 2.58 bits per heavy atom. The molecule has 0 aromatic carbocycles. The molecule has 3 atom stereocenters. The molecule has 108 valence electrons. The first-order valence-electron chi connectivity index (χ1n) is 7.04. The number of hydrogen-bond acceptors (Lipinski definition) is 3. The van der Waals surface area contributed by atoms with E-state index in [0.29, 0.717) is 5.92 Å². The van der Waals surface area contributed by atoms with Gasteiger partial charge in [-0.05, 0) is 40.0 Å². The van der Waals surface area contributed by atoms with Gasteiger partial charge in [-0.2, -0.15) is 0 Å². The van der Waals surface area contributed by atoms with Crippen LogP contribution in [0.1, 0.15) is 47.0 Å². The molecule has 3 unspecified atom stereocenters. The molecule has 5 heteroatoms. The van der Waals surface area contributed by atoms with Gasteiger partial charge in [-0.1, -0.05) is 0 Å².